The Morgan fingerprint density at radius 1 is 1.53 bits per heavy atom. The molecule has 6 nitrogen and oxygen atoms in total. The minimum atomic E-state index is -1.03. The molecule has 3 unspecified atom stereocenters. The lowest BCUT2D eigenvalue weighted by Gasteiger charge is -2.28. The van der Waals surface area contributed by atoms with E-state index in [9.17, 15) is 9.59 Å². The molecule has 0 aromatic carbocycles. The highest BCUT2D eigenvalue weighted by molar-refractivity contribution is 5.86. The van der Waals surface area contributed by atoms with Crippen LogP contribution in [-0.4, -0.2) is 49.5 Å². The van der Waals surface area contributed by atoms with E-state index in [1.54, 1.807) is 6.92 Å². The van der Waals surface area contributed by atoms with Crippen molar-refractivity contribution in [1.82, 2.24) is 5.32 Å². The molecule has 1 heterocycles. The SMILES string of the molecule is COC(C)C(=O)NC(C(=O)O)C1CCCOC1. The van der Waals surface area contributed by atoms with Gasteiger partial charge in [0, 0.05) is 19.6 Å². The first-order chi connectivity index (χ1) is 8.06. The van der Waals surface area contributed by atoms with Crippen LogP contribution in [0.1, 0.15) is 19.8 Å². The van der Waals surface area contributed by atoms with Gasteiger partial charge in [-0.05, 0) is 19.8 Å². The molecule has 2 N–H and O–H groups in total. The predicted octanol–water partition coefficient (Wildman–Crippen LogP) is 0.0173. The average Bonchev–Trinajstić information content (AvgIpc) is 2.35. The molecule has 0 aromatic rings. The van der Waals surface area contributed by atoms with E-state index in [1.165, 1.54) is 7.11 Å². The second kappa shape index (κ2) is 6.56. The Balaban J connectivity index is 2.59. The van der Waals surface area contributed by atoms with E-state index in [0.29, 0.717) is 13.2 Å². The van der Waals surface area contributed by atoms with Gasteiger partial charge in [-0.3, -0.25) is 4.79 Å². The van der Waals surface area contributed by atoms with Gasteiger partial charge in [0.05, 0.1) is 6.61 Å². The summed E-state index contributed by atoms with van der Waals surface area (Å²) < 4.78 is 10.1. The smallest absolute Gasteiger partial charge is 0.326 e. The highest BCUT2D eigenvalue weighted by Crippen LogP contribution is 2.18. The van der Waals surface area contributed by atoms with Gasteiger partial charge in [-0.2, -0.15) is 0 Å². The maximum atomic E-state index is 11.6. The van der Waals surface area contributed by atoms with Crippen molar-refractivity contribution in [3.63, 3.8) is 0 Å². The maximum Gasteiger partial charge on any atom is 0.326 e. The zero-order valence-electron chi connectivity index (χ0n) is 10.1. The van der Waals surface area contributed by atoms with Gasteiger partial charge in [0.25, 0.3) is 0 Å². The van der Waals surface area contributed by atoms with Crippen LogP contribution in [0.2, 0.25) is 0 Å². The highest BCUT2D eigenvalue weighted by atomic mass is 16.5. The zero-order chi connectivity index (χ0) is 12.8. The molecule has 0 bridgehead atoms. The lowest BCUT2D eigenvalue weighted by atomic mass is 9.93. The highest BCUT2D eigenvalue weighted by Gasteiger charge is 2.32. The second-order valence-electron chi connectivity index (χ2n) is 4.18. The van der Waals surface area contributed by atoms with Crippen LogP contribution in [0.15, 0.2) is 0 Å². The van der Waals surface area contributed by atoms with E-state index < -0.39 is 24.0 Å². The summed E-state index contributed by atoms with van der Waals surface area (Å²) in [5.41, 5.74) is 0. The van der Waals surface area contributed by atoms with Crippen LogP contribution in [0.5, 0.6) is 0 Å². The Labute approximate surface area is 100 Å². The van der Waals surface area contributed by atoms with Crippen molar-refractivity contribution in [2.75, 3.05) is 20.3 Å². The van der Waals surface area contributed by atoms with Crippen molar-refractivity contribution >= 4 is 11.9 Å². The predicted molar refractivity (Wildman–Crippen MR) is 59.6 cm³/mol. The first-order valence-electron chi connectivity index (χ1n) is 5.70. The van der Waals surface area contributed by atoms with E-state index in [4.69, 9.17) is 14.6 Å². The van der Waals surface area contributed by atoms with Crippen LogP contribution < -0.4 is 5.32 Å². The van der Waals surface area contributed by atoms with Gasteiger partial charge >= 0.3 is 5.97 Å². The molecule has 1 saturated heterocycles. The number of methoxy groups -OCH3 is 1. The molecule has 6 heteroatoms. The molecule has 0 saturated carbocycles. The average molecular weight is 245 g/mol. The van der Waals surface area contributed by atoms with Crippen molar-refractivity contribution < 1.29 is 24.2 Å². The number of hydrogen-bond donors (Lipinski definition) is 2. The normalized spacial score (nSPS) is 23.8. The molecule has 98 valence electrons. The fourth-order valence-corrected chi connectivity index (χ4v) is 1.79. The summed E-state index contributed by atoms with van der Waals surface area (Å²) >= 11 is 0. The minimum Gasteiger partial charge on any atom is -0.480 e. The monoisotopic (exact) mass is 245 g/mol. The molecule has 1 aliphatic heterocycles. The topological polar surface area (TPSA) is 84.9 Å². The number of ether oxygens (including phenoxy) is 2. The third-order valence-corrected chi connectivity index (χ3v) is 2.95. The fourth-order valence-electron chi connectivity index (χ4n) is 1.79. The Kier molecular flexibility index (Phi) is 5.37. The Bertz CT molecular complexity index is 275. The van der Waals surface area contributed by atoms with Crippen molar-refractivity contribution in [2.24, 2.45) is 5.92 Å². The third-order valence-electron chi connectivity index (χ3n) is 2.95. The molecule has 0 spiro atoms. The summed E-state index contributed by atoms with van der Waals surface area (Å²) in [6, 6.07) is -0.902. The molecular formula is C11H19NO5. The van der Waals surface area contributed by atoms with Crippen LogP contribution in [-0.2, 0) is 19.1 Å². The molecule has 0 aliphatic carbocycles. The second-order valence-corrected chi connectivity index (χ2v) is 4.18. The molecule has 0 radical (unpaired) electrons. The number of carboxylic acid groups (broad SMARTS) is 1. The molecule has 3 atom stereocenters. The first kappa shape index (κ1) is 13.9. The Hall–Kier alpha value is -1.14. The van der Waals surface area contributed by atoms with Crippen LogP contribution in [0.4, 0.5) is 0 Å². The molecule has 17 heavy (non-hydrogen) atoms. The first-order valence-corrected chi connectivity index (χ1v) is 5.70. The summed E-state index contributed by atoms with van der Waals surface area (Å²) in [4.78, 5) is 22.7. The quantitative estimate of drug-likeness (QED) is 0.713. The number of carboxylic acids is 1. The summed E-state index contributed by atoms with van der Waals surface area (Å²) in [7, 11) is 1.41. The van der Waals surface area contributed by atoms with Gasteiger partial charge in [-0.15, -0.1) is 0 Å². The summed E-state index contributed by atoms with van der Waals surface area (Å²) in [6.07, 6.45) is 0.921. The number of rotatable bonds is 5. The van der Waals surface area contributed by atoms with E-state index in [-0.39, 0.29) is 5.92 Å². The molecular weight excluding hydrogens is 226 g/mol. The van der Waals surface area contributed by atoms with Crippen LogP contribution in [0, 0.1) is 5.92 Å². The van der Waals surface area contributed by atoms with Gasteiger partial charge in [0.15, 0.2) is 0 Å². The van der Waals surface area contributed by atoms with Gasteiger partial charge in [-0.25, -0.2) is 4.79 Å². The number of amides is 1. The van der Waals surface area contributed by atoms with Gasteiger partial charge < -0.3 is 19.9 Å². The van der Waals surface area contributed by atoms with Crippen molar-refractivity contribution in [3.8, 4) is 0 Å². The number of carbonyl (C=O) groups excluding carboxylic acids is 1. The summed E-state index contributed by atoms with van der Waals surface area (Å²) in [6.45, 7) is 2.61. The minimum absolute atomic E-state index is 0.172. The van der Waals surface area contributed by atoms with Crippen LogP contribution in [0.3, 0.4) is 0 Å². The van der Waals surface area contributed by atoms with Gasteiger partial charge in [-0.1, -0.05) is 0 Å². The van der Waals surface area contributed by atoms with Crippen molar-refractivity contribution in [3.05, 3.63) is 0 Å². The number of nitrogens with one attached hydrogen (secondary N) is 1. The van der Waals surface area contributed by atoms with Crippen LogP contribution in [0.25, 0.3) is 0 Å². The largest absolute Gasteiger partial charge is 0.480 e. The standard InChI is InChI=1S/C11H19NO5/c1-7(16-2)10(13)12-9(11(14)15)8-4-3-5-17-6-8/h7-9H,3-6H2,1-2H3,(H,12,13)(H,14,15). The third kappa shape index (κ3) is 3.98. The van der Waals surface area contributed by atoms with Gasteiger partial charge in [0.1, 0.15) is 12.1 Å². The fraction of sp³-hybridized carbons (Fsp3) is 0.818. The molecule has 1 aliphatic rings. The van der Waals surface area contributed by atoms with Crippen molar-refractivity contribution in [1.29, 1.82) is 0 Å². The zero-order valence-corrected chi connectivity index (χ0v) is 10.1. The molecule has 1 fully saturated rings. The maximum absolute atomic E-state index is 11.6. The molecule has 0 aromatic heterocycles. The van der Waals surface area contributed by atoms with Crippen LogP contribution >= 0.6 is 0 Å². The lowest BCUT2D eigenvalue weighted by molar-refractivity contribution is -0.146. The lowest BCUT2D eigenvalue weighted by Crippen LogP contribution is -2.51. The van der Waals surface area contributed by atoms with E-state index in [2.05, 4.69) is 5.32 Å². The van der Waals surface area contributed by atoms with E-state index in [0.717, 1.165) is 12.8 Å². The Morgan fingerprint density at radius 2 is 2.24 bits per heavy atom. The van der Waals surface area contributed by atoms with E-state index in [1.807, 2.05) is 0 Å². The number of carbonyl (C=O) groups is 2. The molecule has 1 amide bonds. The van der Waals surface area contributed by atoms with Crippen molar-refractivity contribution in [2.45, 2.75) is 31.9 Å². The Morgan fingerprint density at radius 3 is 2.71 bits per heavy atom. The van der Waals surface area contributed by atoms with E-state index >= 15 is 0 Å². The summed E-state index contributed by atoms with van der Waals surface area (Å²) in [5.74, 6) is -1.61. The number of aliphatic carboxylic acids is 1. The number of hydrogen-bond acceptors (Lipinski definition) is 4. The summed E-state index contributed by atoms with van der Waals surface area (Å²) in [5, 5.41) is 11.6. The van der Waals surface area contributed by atoms with Gasteiger partial charge in [0.2, 0.25) is 5.91 Å². The molecule has 1 rings (SSSR count).